The van der Waals surface area contributed by atoms with Crippen LogP contribution in [-0.4, -0.2) is 91.7 Å². The van der Waals surface area contributed by atoms with Crippen LogP contribution < -0.4 is 4.74 Å². The summed E-state index contributed by atoms with van der Waals surface area (Å²) >= 11 is 0. The highest BCUT2D eigenvalue weighted by Gasteiger charge is 2.39. The number of aryl methyl sites for hydroxylation is 1. The third kappa shape index (κ3) is 5.52. The summed E-state index contributed by atoms with van der Waals surface area (Å²) in [5, 5.41) is 13.3. The van der Waals surface area contributed by atoms with Crippen molar-refractivity contribution in [3.63, 3.8) is 0 Å². The van der Waals surface area contributed by atoms with Crippen LogP contribution in [0.5, 0.6) is 11.6 Å². The molecular weight excluding hydrogens is 573 g/mol. The standard InChI is InChI=1S/C28H27F3N6O6/c1-16-12-17(43-25-24-33-13-21(37(24)6-5-32-25)19-15-42-34-23(19)28(29,30)31)2-3-18(16)26(39)35-7-9-36(10-8-35)27(40)20-14-41-11-4-22(20)38/h2-3,5-6,12-13,15,20,22,38H,4,7-11,14H2,1H3/t20-,22-/m1/s1. The number of carbonyl (C=O) groups is 2. The van der Waals surface area contributed by atoms with Gasteiger partial charge in [-0.05, 0) is 37.1 Å². The molecule has 2 fully saturated rings. The van der Waals surface area contributed by atoms with E-state index >= 15 is 0 Å². The monoisotopic (exact) mass is 600 g/mol. The minimum atomic E-state index is -4.71. The number of ether oxygens (including phenoxy) is 2. The smallest absolute Gasteiger partial charge is 0.436 e. The van der Waals surface area contributed by atoms with Gasteiger partial charge in [-0.25, -0.2) is 9.97 Å². The van der Waals surface area contributed by atoms with E-state index in [1.807, 2.05) is 0 Å². The van der Waals surface area contributed by atoms with Crippen LogP contribution in [0.15, 0.2) is 47.6 Å². The number of nitrogens with zero attached hydrogens (tertiary/aromatic N) is 6. The molecule has 43 heavy (non-hydrogen) atoms. The van der Waals surface area contributed by atoms with Crippen molar-refractivity contribution in [3.05, 3.63) is 59.9 Å². The second-order valence-electron chi connectivity index (χ2n) is 10.4. The van der Waals surface area contributed by atoms with Crippen LogP contribution >= 0.6 is 0 Å². The molecule has 226 valence electrons. The SMILES string of the molecule is Cc1cc(Oc2nccn3c(-c4conc4C(F)(F)F)cnc23)ccc1C(=O)N1CCN(C(=O)[C@@H]2COCC[C@H]2O)CC1. The fraction of sp³-hybridized carbons (Fsp3) is 0.393. The molecule has 6 rings (SSSR count). The number of rotatable bonds is 5. The Hall–Kier alpha value is -4.50. The second-order valence-corrected chi connectivity index (χ2v) is 10.4. The van der Waals surface area contributed by atoms with Crippen LogP contribution in [-0.2, 0) is 15.7 Å². The predicted molar refractivity (Wildman–Crippen MR) is 142 cm³/mol. The Morgan fingerprint density at radius 2 is 1.88 bits per heavy atom. The zero-order valence-electron chi connectivity index (χ0n) is 23.0. The highest BCUT2D eigenvalue weighted by molar-refractivity contribution is 5.96. The van der Waals surface area contributed by atoms with Gasteiger partial charge in [0.25, 0.3) is 11.8 Å². The molecule has 2 saturated heterocycles. The predicted octanol–water partition coefficient (Wildman–Crippen LogP) is 3.19. The lowest BCUT2D eigenvalue weighted by atomic mass is 9.97. The molecule has 0 aliphatic carbocycles. The molecule has 0 unspecified atom stereocenters. The van der Waals surface area contributed by atoms with Crippen LogP contribution in [0.4, 0.5) is 13.2 Å². The van der Waals surface area contributed by atoms with E-state index < -0.39 is 23.9 Å². The topological polar surface area (TPSA) is 136 Å². The minimum absolute atomic E-state index is 0.0477. The third-order valence-corrected chi connectivity index (χ3v) is 7.67. The van der Waals surface area contributed by atoms with Gasteiger partial charge in [-0.15, -0.1) is 0 Å². The molecule has 0 spiro atoms. The van der Waals surface area contributed by atoms with E-state index in [1.165, 1.54) is 23.0 Å². The van der Waals surface area contributed by atoms with Gasteiger partial charge >= 0.3 is 6.18 Å². The molecule has 2 aliphatic heterocycles. The molecule has 5 heterocycles. The zero-order chi connectivity index (χ0) is 30.3. The number of aliphatic hydroxyl groups is 1. The van der Waals surface area contributed by atoms with Gasteiger partial charge < -0.3 is 28.9 Å². The summed E-state index contributed by atoms with van der Waals surface area (Å²) < 4.78 is 57.4. The Morgan fingerprint density at radius 3 is 2.60 bits per heavy atom. The number of amides is 2. The van der Waals surface area contributed by atoms with Crippen molar-refractivity contribution in [2.24, 2.45) is 5.92 Å². The first kappa shape index (κ1) is 28.6. The van der Waals surface area contributed by atoms with Gasteiger partial charge in [0.15, 0.2) is 5.69 Å². The number of halogens is 3. The van der Waals surface area contributed by atoms with Crippen molar-refractivity contribution in [2.75, 3.05) is 39.4 Å². The number of benzene rings is 1. The highest BCUT2D eigenvalue weighted by atomic mass is 19.4. The number of fused-ring (bicyclic) bond motifs is 1. The van der Waals surface area contributed by atoms with Crippen LogP contribution in [0.2, 0.25) is 0 Å². The molecule has 2 aliphatic rings. The van der Waals surface area contributed by atoms with Gasteiger partial charge in [-0.3, -0.25) is 14.0 Å². The summed E-state index contributed by atoms with van der Waals surface area (Å²) in [5.74, 6) is -0.535. The van der Waals surface area contributed by atoms with E-state index in [9.17, 15) is 27.9 Å². The van der Waals surface area contributed by atoms with E-state index in [0.29, 0.717) is 56.1 Å². The Bertz CT molecular complexity index is 1660. The molecule has 2 amide bonds. The van der Waals surface area contributed by atoms with Crippen molar-refractivity contribution in [3.8, 4) is 22.9 Å². The summed E-state index contributed by atoms with van der Waals surface area (Å²) in [7, 11) is 0. The van der Waals surface area contributed by atoms with E-state index in [0.717, 1.165) is 6.26 Å². The van der Waals surface area contributed by atoms with Crippen molar-refractivity contribution in [1.29, 1.82) is 0 Å². The maximum atomic E-state index is 13.4. The van der Waals surface area contributed by atoms with Crippen molar-refractivity contribution >= 4 is 17.5 Å². The third-order valence-electron chi connectivity index (χ3n) is 7.67. The first-order valence-electron chi connectivity index (χ1n) is 13.6. The second kappa shape index (κ2) is 11.3. The van der Waals surface area contributed by atoms with Gasteiger partial charge in [-0.1, -0.05) is 5.16 Å². The number of aliphatic hydroxyl groups excluding tert-OH is 1. The van der Waals surface area contributed by atoms with Gasteiger partial charge in [-0.2, -0.15) is 13.2 Å². The zero-order valence-corrected chi connectivity index (χ0v) is 23.0. The molecule has 12 nitrogen and oxygen atoms in total. The van der Waals surface area contributed by atoms with Crippen molar-refractivity contribution < 1.29 is 41.9 Å². The van der Waals surface area contributed by atoms with E-state index in [1.54, 1.807) is 34.9 Å². The number of hydrogen-bond donors (Lipinski definition) is 1. The lowest BCUT2D eigenvalue weighted by Crippen LogP contribution is -2.54. The quantitative estimate of drug-likeness (QED) is 0.366. The Kier molecular flexibility index (Phi) is 7.52. The molecule has 15 heteroatoms. The molecule has 0 saturated carbocycles. The van der Waals surface area contributed by atoms with E-state index in [-0.39, 0.29) is 41.2 Å². The maximum absolute atomic E-state index is 13.4. The number of alkyl halides is 3. The summed E-state index contributed by atoms with van der Waals surface area (Å²) in [6.07, 6.45) is -0.0492. The molecule has 2 atom stereocenters. The van der Waals surface area contributed by atoms with Crippen LogP contribution in [0.1, 0.15) is 28.0 Å². The molecule has 1 aromatic carbocycles. The normalized spacial score (nSPS) is 19.6. The average molecular weight is 601 g/mol. The first-order chi connectivity index (χ1) is 20.6. The minimum Gasteiger partial charge on any atom is -0.436 e. The van der Waals surface area contributed by atoms with Gasteiger partial charge in [0.2, 0.25) is 11.6 Å². The van der Waals surface area contributed by atoms with E-state index in [4.69, 9.17) is 9.47 Å². The van der Waals surface area contributed by atoms with Gasteiger partial charge in [0.05, 0.1) is 36.1 Å². The Morgan fingerprint density at radius 1 is 1.12 bits per heavy atom. The summed E-state index contributed by atoms with van der Waals surface area (Å²) in [4.78, 5) is 37.9. The average Bonchev–Trinajstić information content (AvgIpc) is 3.65. The number of hydrogen-bond acceptors (Lipinski definition) is 9. The molecule has 4 aromatic rings. The maximum Gasteiger partial charge on any atom is 0.437 e. The molecule has 0 bridgehead atoms. The van der Waals surface area contributed by atoms with E-state index in [2.05, 4.69) is 19.6 Å². The number of aromatic nitrogens is 4. The van der Waals surface area contributed by atoms with Gasteiger partial charge in [0.1, 0.15) is 12.0 Å². The fourth-order valence-corrected chi connectivity index (χ4v) is 5.34. The van der Waals surface area contributed by atoms with Gasteiger partial charge in [0, 0.05) is 50.7 Å². The Labute approximate surface area is 242 Å². The number of imidazole rings is 1. The lowest BCUT2D eigenvalue weighted by Gasteiger charge is -2.38. The van der Waals surface area contributed by atoms with Crippen LogP contribution in [0.3, 0.4) is 0 Å². The highest BCUT2D eigenvalue weighted by Crippen LogP contribution is 2.37. The molecule has 3 aromatic heterocycles. The lowest BCUT2D eigenvalue weighted by molar-refractivity contribution is -0.148. The fourth-order valence-electron chi connectivity index (χ4n) is 5.34. The Balaban J connectivity index is 1.14. The summed E-state index contributed by atoms with van der Waals surface area (Å²) in [5.41, 5.74) is -0.0810. The number of piperazine rings is 1. The van der Waals surface area contributed by atoms with Crippen LogP contribution in [0, 0.1) is 12.8 Å². The first-order valence-corrected chi connectivity index (χ1v) is 13.6. The van der Waals surface area contributed by atoms with Crippen molar-refractivity contribution in [2.45, 2.75) is 25.6 Å². The van der Waals surface area contributed by atoms with Crippen LogP contribution in [0.25, 0.3) is 16.9 Å². The number of carbonyl (C=O) groups excluding carboxylic acids is 2. The van der Waals surface area contributed by atoms with Crippen molar-refractivity contribution in [1.82, 2.24) is 29.3 Å². The molecule has 1 N–H and O–H groups in total. The summed E-state index contributed by atoms with van der Waals surface area (Å²) in [6, 6.07) is 4.89. The molecular formula is C28H27F3N6O6. The summed E-state index contributed by atoms with van der Waals surface area (Å²) in [6.45, 7) is 3.80. The largest absolute Gasteiger partial charge is 0.437 e. The molecule has 0 radical (unpaired) electrons.